The van der Waals surface area contributed by atoms with Crippen molar-refractivity contribution in [3.05, 3.63) is 47.6 Å². The summed E-state index contributed by atoms with van der Waals surface area (Å²) in [5.74, 6) is 0.979. The van der Waals surface area contributed by atoms with E-state index in [1.165, 1.54) is 0 Å². The number of aryl methyl sites for hydroxylation is 2. The van der Waals surface area contributed by atoms with E-state index < -0.39 is 0 Å². The third kappa shape index (κ3) is 3.68. The van der Waals surface area contributed by atoms with Crippen LogP contribution in [0.4, 0.5) is 10.5 Å². The second-order valence-electron chi connectivity index (χ2n) is 5.85. The van der Waals surface area contributed by atoms with E-state index in [4.69, 9.17) is 4.52 Å². The summed E-state index contributed by atoms with van der Waals surface area (Å²) in [6, 6.07) is 6.83. The highest BCUT2D eigenvalue weighted by Crippen LogP contribution is 2.20. The fraction of sp³-hybridized carbons (Fsp3) is 0.294. The molecule has 0 fully saturated rings. The van der Waals surface area contributed by atoms with E-state index >= 15 is 0 Å². The Morgan fingerprint density at radius 3 is 2.76 bits per heavy atom. The van der Waals surface area contributed by atoms with Gasteiger partial charge in [0.15, 0.2) is 0 Å². The molecule has 3 aromatic rings. The normalized spacial score (nSPS) is 12.0. The van der Waals surface area contributed by atoms with Gasteiger partial charge in [-0.25, -0.2) is 4.79 Å². The summed E-state index contributed by atoms with van der Waals surface area (Å²) in [4.78, 5) is 16.5. The first-order valence-electron chi connectivity index (χ1n) is 7.91. The predicted molar refractivity (Wildman–Crippen MR) is 93.0 cm³/mol. The molecule has 0 saturated carbocycles. The smallest absolute Gasteiger partial charge is 0.319 e. The van der Waals surface area contributed by atoms with Gasteiger partial charge < -0.3 is 15.2 Å². The van der Waals surface area contributed by atoms with Crippen LogP contribution in [0.2, 0.25) is 0 Å². The molecule has 0 aliphatic rings. The highest BCUT2D eigenvalue weighted by molar-refractivity contribution is 5.90. The van der Waals surface area contributed by atoms with Gasteiger partial charge in [-0.15, -0.1) is 0 Å². The molecular weight excluding hydrogens is 320 g/mol. The van der Waals surface area contributed by atoms with Crippen molar-refractivity contribution >= 4 is 11.7 Å². The van der Waals surface area contributed by atoms with E-state index in [1.807, 2.05) is 33.0 Å². The van der Waals surface area contributed by atoms with Crippen LogP contribution in [-0.2, 0) is 7.05 Å². The van der Waals surface area contributed by atoms with Gasteiger partial charge in [0.1, 0.15) is 0 Å². The average molecular weight is 340 g/mol. The molecule has 1 atom stereocenters. The van der Waals surface area contributed by atoms with Crippen molar-refractivity contribution in [3.63, 3.8) is 0 Å². The van der Waals surface area contributed by atoms with Crippen molar-refractivity contribution in [2.24, 2.45) is 7.05 Å². The number of hydrogen-bond donors (Lipinski definition) is 2. The van der Waals surface area contributed by atoms with Crippen molar-refractivity contribution in [1.29, 1.82) is 0 Å². The Morgan fingerprint density at radius 2 is 2.12 bits per heavy atom. The molecule has 25 heavy (non-hydrogen) atoms. The van der Waals surface area contributed by atoms with Crippen LogP contribution in [0.25, 0.3) is 11.4 Å². The lowest BCUT2D eigenvalue weighted by Gasteiger charge is -2.14. The number of hydrogen-bond acceptors (Lipinski definition) is 5. The van der Waals surface area contributed by atoms with Crippen LogP contribution in [0, 0.1) is 13.8 Å². The molecule has 0 saturated heterocycles. The summed E-state index contributed by atoms with van der Waals surface area (Å²) in [6.45, 7) is 5.62. The van der Waals surface area contributed by atoms with Crippen LogP contribution >= 0.6 is 0 Å². The van der Waals surface area contributed by atoms with Crippen LogP contribution in [-0.4, -0.2) is 26.0 Å². The molecule has 2 heterocycles. The predicted octanol–water partition coefficient (Wildman–Crippen LogP) is 2.97. The van der Waals surface area contributed by atoms with Crippen LogP contribution in [0.3, 0.4) is 0 Å². The van der Waals surface area contributed by atoms with Crippen molar-refractivity contribution in [2.45, 2.75) is 26.8 Å². The van der Waals surface area contributed by atoms with Gasteiger partial charge >= 0.3 is 6.03 Å². The molecule has 130 valence electrons. The monoisotopic (exact) mass is 340 g/mol. The standard InChI is InChI=1S/C17H20N6O2/c1-10(15-9-18-23(4)11(15)2)19-17(24)21-14-7-5-6-13(8-14)16-20-12(3)25-22-16/h5-10H,1-4H3,(H2,19,21,24)/t10-/m0/s1. The minimum Gasteiger partial charge on any atom is -0.339 e. The van der Waals surface area contributed by atoms with Crippen molar-refractivity contribution < 1.29 is 9.32 Å². The number of carbonyl (C=O) groups excluding carboxylic acids is 1. The number of aromatic nitrogens is 4. The number of amides is 2. The maximum absolute atomic E-state index is 12.3. The molecule has 0 radical (unpaired) electrons. The van der Waals surface area contributed by atoms with Gasteiger partial charge in [-0.05, 0) is 26.0 Å². The molecule has 0 bridgehead atoms. The minimum absolute atomic E-state index is 0.156. The molecule has 0 aliphatic carbocycles. The van der Waals surface area contributed by atoms with Gasteiger partial charge in [0.05, 0.1) is 12.2 Å². The molecule has 0 aliphatic heterocycles. The number of rotatable bonds is 4. The van der Waals surface area contributed by atoms with Crippen LogP contribution < -0.4 is 10.6 Å². The van der Waals surface area contributed by atoms with Gasteiger partial charge in [-0.2, -0.15) is 10.1 Å². The molecule has 1 aromatic carbocycles. The summed E-state index contributed by atoms with van der Waals surface area (Å²) in [7, 11) is 1.87. The summed E-state index contributed by atoms with van der Waals surface area (Å²) in [5, 5.41) is 13.8. The average Bonchev–Trinajstić information content (AvgIpc) is 3.14. The number of anilines is 1. The molecule has 0 unspecified atom stereocenters. The fourth-order valence-corrected chi connectivity index (χ4v) is 2.53. The third-order valence-corrected chi connectivity index (χ3v) is 3.99. The van der Waals surface area contributed by atoms with Crippen LogP contribution in [0.5, 0.6) is 0 Å². The Labute approximate surface area is 145 Å². The van der Waals surface area contributed by atoms with E-state index in [0.717, 1.165) is 16.8 Å². The summed E-state index contributed by atoms with van der Waals surface area (Å²) in [6.07, 6.45) is 1.76. The number of benzene rings is 1. The second-order valence-corrected chi connectivity index (χ2v) is 5.85. The Morgan fingerprint density at radius 1 is 1.32 bits per heavy atom. The van der Waals surface area contributed by atoms with Crippen molar-refractivity contribution in [1.82, 2.24) is 25.2 Å². The van der Waals surface area contributed by atoms with Gasteiger partial charge in [0.25, 0.3) is 0 Å². The molecule has 2 amide bonds. The first-order chi connectivity index (χ1) is 11.9. The summed E-state index contributed by atoms with van der Waals surface area (Å²) in [5.41, 5.74) is 3.41. The topological polar surface area (TPSA) is 97.9 Å². The molecular formula is C17H20N6O2. The van der Waals surface area contributed by atoms with E-state index in [-0.39, 0.29) is 12.1 Å². The number of carbonyl (C=O) groups is 1. The van der Waals surface area contributed by atoms with Gasteiger partial charge in [-0.3, -0.25) is 4.68 Å². The van der Waals surface area contributed by atoms with E-state index in [0.29, 0.717) is 17.4 Å². The maximum atomic E-state index is 12.3. The SMILES string of the molecule is Cc1nc(-c2cccc(NC(=O)N[C@@H](C)c3cnn(C)c3C)c2)no1. The van der Waals surface area contributed by atoms with Crippen LogP contribution in [0.15, 0.2) is 35.0 Å². The Bertz CT molecular complexity index is 898. The molecule has 8 nitrogen and oxygen atoms in total. The number of urea groups is 1. The lowest BCUT2D eigenvalue weighted by Crippen LogP contribution is -2.31. The Hall–Kier alpha value is -3.16. The molecule has 2 aromatic heterocycles. The van der Waals surface area contributed by atoms with E-state index in [9.17, 15) is 4.79 Å². The molecule has 2 N–H and O–H groups in total. The lowest BCUT2D eigenvalue weighted by atomic mass is 10.1. The van der Waals surface area contributed by atoms with Gasteiger partial charge in [-0.1, -0.05) is 17.3 Å². The number of nitrogens with zero attached hydrogens (tertiary/aromatic N) is 4. The third-order valence-electron chi connectivity index (χ3n) is 3.99. The number of nitrogens with one attached hydrogen (secondary N) is 2. The van der Waals surface area contributed by atoms with E-state index in [2.05, 4.69) is 25.9 Å². The molecule has 0 spiro atoms. The van der Waals surface area contributed by atoms with E-state index in [1.54, 1.807) is 29.9 Å². The second kappa shape index (κ2) is 6.76. The Kier molecular flexibility index (Phi) is 4.51. The lowest BCUT2D eigenvalue weighted by molar-refractivity contribution is 0.249. The maximum Gasteiger partial charge on any atom is 0.319 e. The van der Waals surface area contributed by atoms with Crippen LogP contribution in [0.1, 0.15) is 30.1 Å². The first-order valence-corrected chi connectivity index (χ1v) is 7.91. The van der Waals surface area contributed by atoms with Crippen molar-refractivity contribution in [3.8, 4) is 11.4 Å². The van der Waals surface area contributed by atoms with Crippen molar-refractivity contribution in [2.75, 3.05) is 5.32 Å². The van der Waals surface area contributed by atoms with Gasteiger partial charge in [0, 0.05) is 36.5 Å². The molecule has 3 rings (SSSR count). The highest BCUT2D eigenvalue weighted by Gasteiger charge is 2.15. The fourth-order valence-electron chi connectivity index (χ4n) is 2.53. The Balaban J connectivity index is 1.68. The zero-order chi connectivity index (χ0) is 18.0. The molecule has 8 heteroatoms. The zero-order valence-corrected chi connectivity index (χ0v) is 14.6. The van der Waals surface area contributed by atoms with Gasteiger partial charge in [0.2, 0.25) is 11.7 Å². The zero-order valence-electron chi connectivity index (χ0n) is 14.6. The summed E-state index contributed by atoms with van der Waals surface area (Å²) >= 11 is 0. The quantitative estimate of drug-likeness (QED) is 0.761. The summed E-state index contributed by atoms with van der Waals surface area (Å²) < 4.78 is 6.77. The minimum atomic E-state index is -0.294. The largest absolute Gasteiger partial charge is 0.339 e. The first kappa shape index (κ1) is 16.7. The highest BCUT2D eigenvalue weighted by atomic mass is 16.5.